The molecule has 1 aromatic heterocycles. The van der Waals surface area contributed by atoms with Crippen LogP contribution in [-0.2, 0) is 12.8 Å². The Labute approximate surface area is 138 Å². The Hall–Kier alpha value is -1.82. The topological polar surface area (TPSA) is 67.8 Å². The summed E-state index contributed by atoms with van der Waals surface area (Å²) in [6.07, 6.45) is 5.39. The summed E-state index contributed by atoms with van der Waals surface area (Å²) in [5.41, 5.74) is 3.27. The number of fused-ring (bicyclic) bond motifs is 1. The number of ketones is 1. The monoisotopic (exact) mass is 329 g/mol. The van der Waals surface area contributed by atoms with Gasteiger partial charge in [0.25, 0.3) is 0 Å². The summed E-state index contributed by atoms with van der Waals surface area (Å²) in [5.74, 6) is 0.0995. The van der Waals surface area contributed by atoms with Crippen molar-refractivity contribution in [2.45, 2.75) is 55.5 Å². The number of aromatic nitrogens is 3. The van der Waals surface area contributed by atoms with E-state index >= 15 is 0 Å². The van der Waals surface area contributed by atoms with Gasteiger partial charge in [0, 0.05) is 11.6 Å². The van der Waals surface area contributed by atoms with E-state index in [-0.39, 0.29) is 22.8 Å². The summed E-state index contributed by atoms with van der Waals surface area (Å²) in [4.78, 5) is 24.5. The van der Waals surface area contributed by atoms with Crippen LogP contribution in [0.1, 0.15) is 53.7 Å². The minimum absolute atomic E-state index is 0.0995. The molecule has 2 aliphatic rings. The molecule has 2 aliphatic carbocycles. The SMILES string of the molecule is CC(Sc1n[nH]c(=O)n1C1CC1)C(=O)c1ccc2c(c1)CCC2. The van der Waals surface area contributed by atoms with Gasteiger partial charge in [-0.2, -0.15) is 0 Å². The second-order valence-electron chi connectivity index (χ2n) is 6.37. The number of carbonyl (C=O) groups is 1. The Bertz CT molecular complexity index is 819. The van der Waals surface area contributed by atoms with E-state index in [4.69, 9.17) is 0 Å². The third-order valence-corrected chi connectivity index (χ3v) is 5.68. The zero-order chi connectivity index (χ0) is 16.0. The van der Waals surface area contributed by atoms with Gasteiger partial charge in [-0.3, -0.25) is 9.36 Å². The van der Waals surface area contributed by atoms with E-state index in [9.17, 15) is 9.59 Å². The molecule has 5 nitrogen and oxygen atoms in total. The fraction of sp³-hybridized carbons (Fsp3) is 0.471. The van der Waals surface area contributed by atoms with E-state index in [1.54, 1.807) is 4.57 Å². The van der Waals surface area contributed by atoms with E-state index < -0.39 is 0 Å². The van der Waals surface area contributed by atoms with Gasteiger partial charge in [0.05, 0.1) is 5.25 Å². The van der Waals surface area contributed by atoms with Gasteiger partial charge >= 0.3 is 5.69 Å². The van der Waals surface area contributed by atoms with E-state index in [1.807, 2.05) is 19.1 Å². The fourth-order valence-electron chi connectivity index (χ4n) is 3.20. The van der Waals surface area contributed by atoms with Crippen LogP contribution >= 0.6 is 11.8 Å². The molecule has 1 saturated carbocycles. The average Bonchev–Trinajstić information content (AvgIpc) is 3.15. The second kappa shape index (κ2) is 5.67. The number of aromatic amines is 1. The normalized spacial score (nSPS) is 18.0. The van der Waals surface area contributed by atoms with Crippen LogP contribution in [0.2, 0.25) is 0 Å². The lowest BCUT2D eigenvalue weighted by Crippen LogP contribution is -2.18. The molecule has 1 heterocycles. The van der Waals surface area contributed by atoms with Crippen LogP contribution in [0.3, 0.4) is 0 Å². The summed E-state index contributed by atoms with van der Waals surface area (Å²) in [6, 6.07) is 6.32. The first kappa shape index (κ1) is 14.8. The molecular weight excluding hydrogens is 310 g/mol. The molecule has 23 heavy (non-hydrogen) atoms. The Morgan fingerprint density at radius 2 is 2.13 bits per heavy atom. The first-order valence-electron chi connectivity index (χ1n) is 8.13. The fourth-order valence-corrected chi connectivity index (χ4v) is 4.20. The number of carbonyl (C=O) groups excluding carboxylic acids is 1. The van der Waals surface area contributed by atoms with Crippen LogP contribution in [0.15, 0.2) is 28.2 Å². The number of H-pyrrole nitrogens is 1. The predicted octanol–water partition coefficient (Wildman–Crippen LogP) is 2.76. The molecule has 0 radical (unpaired) electrons. The van der Waals surface area contributed by atoms with Crippen LogP contribution in [0.4, 0.5) is 0 Å². The maximum Gasteiger partial charge on any atom is 0.344 e. The molecule has 6 heteroatoms. The number of Topliss-reactive ketones (excluding diaryl/α,β-unsaturated/α-hetero) is 1. The zero-order valence-corrected chi connectivity index (χ0v) is 13.9. The molecule has 2 aromatic rings. The predicted molar refractivity (Wildman–Crippen MR) is 89.2 cm³/mol. The summed E-state index contributed by atoms with van der Waals surface area (Å²) in [5, 5.41) is 6.95. The molecule has 1 atom stereocenters. The molecule has 0 bridgehead atoms. The van der Waals surface area contributed by atoms with Gasteiger partial charge in [0.1, 0.15) is 0 Å². The minimum atomic E-state index is -0.262. The first-order chi connectivity index (χ1) is 11.1. The van der Waals surface area contributed by atoms with Gasteiger partial charge < -0.3 is 0 Å². The van der Waals surface area contributed by atoms with Crippen molar-refractivity contribution in [2.24, 2.45) is 0 Å². The highest BCUT2D eigenvalue weighted by Crippen LogP contribution is 2.37. The molecule has 0 saturated heterocycles. The molecule has 4 rings (SSSR count). The smallest absolute Gasteiger partial charge is 0.293 e. The van der Waals surface area contributed by atoms with Gasteiger partial charge in [-0.05, 0) is 56.2 Å². The van der Waals surface area contributed by atoms with E-state index in [1.165, 1.54) is 29.3 Å². The quantitative estimate of drug-likeness (QED) is 0.676. The van der Waals surface area contributed by atoms with Crippen LogP contribution in [-0.4, -0.2) is 25.8 Å². The summed E-state index contributed by atoms with van der Waals surface area (Å²) < 4.78 is 1.69. The van der Waals surface area contributed by atoms with Crippen molar-refractivity contribution in [1.82, 2.24) is 14.8 Å². The highest BCUT2D eigenvalue weighted by atomic mass is 32.2. The van der Waals surface area contributed by atoms with E-state index in [0.29, 0.717) is 5.16 Å². The molecule has 1 unspecified atom stereocenters. The Morgan fingerprint density at radius 3 is 2.91 bits per heavy atom. The molecule has 0 spiro atoms. The number of thioether (sulfide) groups is 1. The maximum atomic E-state index is 12.7. The van der Waals surface area contributed by atoms with Gasteiger partial charge in [-0.25, -0.2) is 9.89 Å². The van der Waals surface area contributed by atoms with Crippen molar-refractivity contribution in [3.05, 3.63) is 45.4 Å². The van der Waals surface area contributed by atoms with Crippen molar-refractivity contribution in [3.8, 4) is 0 Å². The Kier molecular flexibility index (Phi) is 3.64. The molecule has 1 aromatic carbocycles. The van der Waals surface area contributed by atoms with Crippen molar-refractivity contribution in [3.63, 3.8) is 0 Å². The largest absolute Gasteiger partial charge is 0.344 e. The zero-order valence-electron chi connectivity index (χ0n) is 13.0. The maximum absolute atomic E-state index is 12.7. The van der Waals surface area contributed by atoms with Gasteiger partial charge in [0.2, 0.25) is 0 Å². The number of nitrogens with zero attached hydrogens (tertiary/aromatic N) is 2. The number of benzene rings is 1. The molecular formula is C17H19N3O2S. The van der Waals surface area contributed by atoms with Gasteiger partial charge in [-0.1, -0.05) is 23.9 Å². The first-order valence-corrected chi connectivity index (χ1v) is 9.01. The number of nitrogens with one attached hydrogen (secondary N) is 1. The lowest BCUT2D eigenvalue weighted by molar-refractivity contribution is 0.0993. The second-order valence-corrected chi connectivity index (χ2v) is 7.68. The van der Waals surface area contributed by atoms with Crippen molar-refractivity contribution >= 4 is 17.5 Å². The van der Waals surface area contributed by atoms with Crippen LogP contribution < -0.4 is 5.69 Å². The highest BCUT2D eigenvalue weighted by Gasteiger charge is 2.30. The van der Waals surface area contributed by atoms with Crippen molar-refractivity contribution < 1.29 is 4.79 Å². The Morgan fingerprint density at radius 1 is 1.35 bits per heavy atom. The van der Waals surface area contributed by atoms with E-state index in [2.05, 4.69) is 16.3 Å². The lowest BCUT2D eigenvalue weighted by atomic mass is 10.0. The minimum Gasteiger partial charge on any atom is -0.293 e. The summed E-state index contributed by atoms with van der Waals surface area (Å²) >= 11 is 1.37. The third kappa shape index (κ3) is 2.76. The number of hydrogen-bond donors (Lipinski definition) is 1. The van der Waals surface area contributed by atoms with Gasteiger partial charge in [-0.15, -0.1) is 5.10 Å². The third-order valence-electron chi connectivity index (χ3n) is 4.62. The van der Waals surface area contributed by atoms with Crippen LogP contribution in [0, 0.1) is 0 Å². The van der Waals surface area contributed by atoms with E-state index in [0.717, 1.165) is 31.2 Å². The van der Waals surface area contributed by atoms with Crippen LogP contribution in [0.25, 0.3) is 0 Å². The standard InChI is InChI=1S/C17H19N3O2S/c1-10(23-17-19-18-16(22)20(17)14-7-8-14)15(21)13-6-5-11-3-2-4-12(11)9-13/h5-6,9-10,14H,2-4,7-8H2,1H3,(H,18,22). The summed E-state index contributed by atoms with van der Waals surface area (Å²) in [6.45, 7) is 1.89. The van der Waals surface area contributed by atoms with Crippen molar-refractivity contribution in [2.75, 3.05) is 0 Å². The lowest BCUT2D eigenvalue weighted by Gasteiger charge is -2.11. The highest BCUT2D eigenvalue weighted by molar-refractivity contribution is 8.00. The van der Waals surface area contributed by atoms with Gasteiger partial charge in [0.15, 0.2) is 10.9 Å². The number of aryl methyl sites for hydroxylation is 2. The summed E-state index contributed by atoms with van der Waals surface area (Å²) in [7, 11) is 0. The molecule has 0 amide bonds. The van der Waals surface area contributed by atoms with Crippen molar-refractivity contribution in [1.29, 1.82) is 0 Å². The molecule has 0 aliphatic heterocycles. The Balaban J connectivity index is 1.54. The molecule has 1 N–H and O–H groups in total. The molecule has 120 valence electrons. The number of hydrogen-bond acceptors (Lipinski definition) is 4. The number of rotatable bonds is 5. The molecule has 1 fully saturated rings. The average molecular weight is 329 g/mol. The van der Waals surface area contributed by atoms with Crippen LogP contribution in [0.5, 0.6) is 0 Å².